The van der Waals surface area contributed by atoms with Crippen LogP contribution in [0.15, 0.2) is 4.42 Å². The van der Waals surface area contributed by atoms with Crippen molar-refractivity contribution in [2.45, 2.75) is 12.8 Å². The highest BCUT2D eigenvalue weighted by Crippen LogP contribution is 2.45. The fourth-order valence-electron chi connectivity index (χ4n) is 2.11. The van der Waals surface area contributed by atoms with Gasteiger partial charge in [0.05, 0.1) is 0 Å². The van der Waals surface area contributed by atoms with Gasteiger partial charge in [-0.25, -0.2) is 0 Å². The van der Waals surface area contributed by atoms with Crippen LogP contribution in [-0.2, 0) is 6.42 Å². The van der Waals surface area contributed by atoms with Crippen molar-refractivity contribution in [1.82, 2.24) is 10.2 Å². The normalized spacial score (nSPS) is 29.4. The minimum atomic E-state index is 0.535. The van der Waals surface area contributed by atoms with Crippen molar-refractivity contribution in [2.75, 3.05) is 23.9 Å². The molecule has 1 aromatic rings. The van der Waals surface area contributed by atoms with Crippen molar-refractivity contribution in [2.24, 2.45) is 11.8 Å². The highest BCUT2D eigenvalue weighted by molar-refractivity contribution is 6.17. The van der Waals surface area contributed by atoms with E-state index >= 15 is 0 Å². The van der Waals surface area contributed by atoms with Gasteiger partial charge in [0.25, 0.3) is 0 Å². The second-order valence-electron chi connectivity index (χ2n) is 4.08. The number of fused-ring (bicyclic) bond motifs is 1. The Balaban J connectivity index is 1.70. The van der Waals surface area contributed by atoms with Crippen LogP contribution in [-0.4, -0.2) is 29.2 Å². The SMILES string of the molecule is ClCCc1nnc(N2CC3CC3C2)o1. The summed E-state index contributed by atoms with van der Waals surface area (Å²) in [6.45, 7) is 2.18. The van der Waals surface area contributed by atoms with Gasteiger partial charge in [-0.2, -0.15) is 0 Å². The number of anilines is 1. The van der Waals surface area contributed by atoms with E-state index in [0.717, 1.165) is 24.9 Å². The molecule has 2 atom stereocenters. The minimum absolute atomic E-state index is 0.535. The molecule has 76 valence electrons. The van der Waals surface area contributed by atoms with Gasteiger partial charge in [0.15, 0.2) is 0 Å². The van der Waals surface area contributed by atoms with E-state index in [1.807, 2.05) is 0 Å². The minimum Gasteiger partial charge on any atom is -0.408 e. The lowest BCUT2D eigenvalue weighted by molar-refractivity contribution is 0.491. The number of piperidine rings is 1. The standard InChI is InChI=1S/C9H12ClN3O/c10-2-1-8-11-12-9(14-8)13-4-6-3-7(6)5-13/h6-7H,1-5H2. The van der Waals surface area contributed by atoms with E-state index in [2.05, 4.69) is 15.1 Å². The van der Waals surface area contributed by atoms with Crippen LogP contribution < -0.4 is 4.90 Å². The first-order valence-electron chi connectivity index (χ1n) is 5.00. The van der Waals surface area contributed by atoms with Crippen molar-refractivity contribution in [3.63, 3.8) is 0 Å². The Morgan fingerprint density at radius 3 is 2.86 bits per heavy atom. The summed E-state index contributed by atoms with van der Waals surface area (Å²) in [5, 5.41) is 7.97. The molecule has 0 bridgehead atoms. The fourth-order valence-corrected chi connectivity index (χ4v) is 2.27. The summed E-state index contributed by atoms with van der Waals surface area (Å²) in [6, 6.07) is 0.678. The first-order chi connectivity index (χ1) is 6.86. The lowest BCUT2D eigenvalue weighted by atomic mass is 10.4. The predicted molar refractivity (Wildman–Crippen MR) is 52.5 cm³/mol. The molecule has 1 saturated heterocycles. The molecule has 14 heavy (non-hydrogen) atoms. The lowest BCUT2D eigenvalue weighted by Crippen LogP contribution is -2.21. The molecule has 1 saturated carbocycles. The number of hydrogen-bond acceptors (Lipinski definition) is 4. The van der Waals surface area contributed by atoms with E-state index in [4.69, 9.17) is 16.0 Å². The smallest absolute Gasteiger partial charge is 0.318 e. The number of nitrogens with zero attached hydrogens (tertiary/aromatic N) is 3. The van der Waals surface area contributed by atoms with E-state index in [9.17, 15) is 0 Å². The Morgan fingerprint density at radius 1 is 1.36 bits per heavy atom. The summed E-state index contributed by atoms with van der Waals surface area (Å²) in [4.78, 5) is 2.18. The van der Waals surface area contributed by atoms with Crippen LogP contribution in [0.1, 0.15) is 12.3 Å². The van der Waals surface area contributed by atoms with E-state index < -0.39 is 0 Å². The van der Waals surface area contributed by atoms with Crippen LogP contribution in [0.5, 0.6) is 0 Å². The monoisotopic (exact) mass is 213 g/mol. The van der Waals surface area contributed by atoms with E-state index in [1.54, 1.807) is 0 Å². The Morgan fingerprint density at radius 2 is 2.14 bits per heavy atom. The van der Waals surface area contributed by atoms with Crippen molar-refractivity contribution >= 4 is 17.6 Å². The third kappa shape index (κ3) is 1.38. The van der Waals surface area contributed by atoms with Crippen molar-refractivity contribution in [1.29, 1.82) is 0 Å². The molecule has 2 unspecified atom stereocenters. The molecule has 1 aliphatic heterocycles. The third-order valence-electron chi connectivity index (χ3n) is 3.01. The number of aromatic nitrogens is 2. The zero-order valence-electron chi connectivity index (χ0n) is 7.82. The molecule has 5 heteroatoms. The zero-order chi connectivity index (χ0) is 9.54. The Bertz CT molecular complexity index is 331. The molecular formula is C9H12ClN3O. The molecule has 0 radical (unpaired) electrons. The lowest BCUT2D eigenvalue weighted by Gasteiger charge is -2.13. The molecule has 0 amide bonds. The van der Waals surface area contributed by atoms with Crippen LogP contribution >= 0.6 is 11.6 Å². The maximum absolute atomic E-state index is 5.59. The van der Waals surface area contributed by atoms with Gasteiger partial charge in [0, 0.05) is 25.4 Å². The Kier molecular flexibility index (Phi) is 1.90. The first-order valence-corrected chi connectivity index (χ1v) is 5.53. The largest absolute Gasteiger partial charge is 0.408 e. The highest BCUT2D eigenvalue weighted by Gasteiger charge is 2.46. The van der Waals surface area contributed by atoms with Gasteiger partial charge >= 0.3 is 6.01 Å². The second-order valence-corrected chi connectivity index (χ2v) is 4.46. The number of halogens is 1. The molecular weight excluding hydrogens is 202 g/mol. The molecule has 0 aromatic carbocycles. The van der Waals surface area contributed by atoms with Crippen molar-refractivity contribution < 1.29 is 4.42 Å². The number of hydrogen-bond donors (Lipinski definition) is 0. The van der Waals surface area contributed by atoms with Gasteiger partial charge in [0.2, 0.25) is 5.89 Å². The predicted octanol–water partition coefficient (Wildman–Crippen LogP) is 1.31. The van der Waals surface area contributed by atoms with Crippen molar-refractivity contribution in [3.05, 3.63) is 5.89 Å². The van der Waals surface area contributed by atoms with Gasteiger partial charge < -0.3 is 9.32 Å². The molecule has 1 aromatic heterocycles. The van der Waals surface area contributed by atoms with Gasteiger partial charge in [0.1, 0.15) is 0 Å². The molecule has 0 N–H and O–H groups in total. The van der Waals surface area contributed by atoms with E-state index in [-0.39, 0.29) is 0 Å². The third-order valence-corrected chi connectivity index (χ3v) is 3.20. The first kappa shape index (κ1) is 8.53. The average Bonchev–Trinajstić information content (AvgIpc) is 2.68. The Hall–Kier alpha value is -0.770. The average molecular weight is 214 g/mol. The summed E-state index contributed by atoms with van der Waals surface area (Å²) >= 11 is 5.59. The fraction of sp³-hybridized carbons (Fsp3) is 0.778. The molecule has 2 aliphatic rings. The van der Waals surface area contributed by atoms with Gasteiger partial charge in [-0.15, -0.1) is 16.7 Å². The topological polar surface area (TPSA) is 42.2 Å². The van der Waals surface area contributed by atoms with Crippen molar-refractivity contribution in [3.8, 4) is 0 Å². The summed E-state index contributed by atoms with van der Waals surface area (Å²) < 4.78 is 5.50. The van der Waals surface area contributed by atoms with E-state index in [1.165, 1.54) is 6.42 Å². The van der Waals surface area contributed by atoms with Gasteiger partial charge in [-0.05, 0) is 18.3 Å². The second kappa shape index (κ2) is 3.12. The van der Waals surface area contributed by atoms with Crippen LogP contribution in [0, 0.1) is 11.8 Å². The number of aryl methyl sites for hydroxylation is 1. The maximum atomic E-state index is 5.59. The number of alkyl halides is 1. The summed E-state index contributed by atoms with van der Waals surface area (Å²) in [5.74, 6) is 2.96. The highest BCUT2D eigenvalue weighted by atomic mass is 35.5. The van der Waals surface area contributed by atoms with Gasteiger partial charge in [-0.3, -0.25) is 0 Å². The quantitative estimate of drug-likeness (QED) is 0.710. The number of rotatable bonds is 3. The summed E-state index contributed by atoms with van der Waals surface area (Å²) in [7, 11) is 0. The van der Waals surface area contributed by atoms with Crippen LogP contribution in [0.3, 0.4) is 0 Å². The van der Waals surface area contributed by atoms with Crippen LogP contribution in [0.2, 0.25) is 0 Å². The molecule has 4 nitrogen and oxygen atoms in total. The van der Waals surface area contributed by atoms with Crippen LogP contribution in [0.25, 0.3) is 0 Å². The van der Waals surface area contributed by atoms with E-state index in [0.29, 0.717) is 24.2 Å². The van der Waals surface area contributed by atoms with Gasteiger partial charge in [-0.1, -0.05) is 5.10 Å². The van der Waals surface area contributed by atoms with Crippen LogP contribution in [0.4, 0.5) is 6.01 Å². The zero-order valence-corrected chi connectivity index (χ0v) is 8.57. The Labute approximate surface area is 87.2 Å². The molecule has 2 heterocycles. The molecule has 3 rings (SSSR count). The summed E-state index contributed by atoms with van der Waals surface area (Å²) in [5.41, 5.74) is 0. The molecule has 1 aliphatic carbocycles. The summed E-state index contributed by atoms with van der Waals surface area (Å²) in [6.07, 6.45) is 2.05. The molecule has 0 spiro atoms. The maximum Gasteiger partial charge on any atom is 0.318 e. The molecule has 2 fully saturated rings.